The number of ether oxygens (including phenoxy) is 1. The first-order valence-electron chi connectivity index (χ1n) is 5.77. The minimum Gasteiger partial charge on any atom is -0.406 e. The molecule has 0 bridgehead atoms. The molecule has 23 heavy (non-hydrogen) atoms. The number of hydrogen-bond donors (Lipinski definition) is 0. The lowest BCUT2D eigenvalue weighted by Crippen LogP contribution is -2.16. The lowest BCUT2D eigenvalue weighted by molar-refractivity contribution is -0.274. The van der Waals surface area contributed by atoms with Crippen molar-refractivity contribution in [2.75, 3.05) is 0 Å². The van der Waals surface area contributed by atoms with Crippen LogP contribution in [-0.4, -0.2) is 11.3 Å². The Morgan fingerprint density at radius 3 is 1.91 bits per heavy atom. The fourth-order valence-electron chi connectivity index (χ4n) is 1.71. The lowest BCUT2D eigenvalue weighted by atomic mass is 10.1. The highest BCUT2D eigenvalue weighted by Crippen LogP contribution is 2.39. The molecule has 0 aliphatic carbocycles. The standard InChI is InChI=1S/C13H5Cl2F6NO/c14-8-5-9(12(16,17)18)22-11(15)10(8)6-1-3-7(4-2-6)23-13(19,20)21/h1-5H. The number of benzene rings is 1. The Morgan fingerprint density at radius 2 is 1.48 bits per heavy atom. The van der Waals surface area contributed by atoms with Crippen molar-refractivity contribution in [3.8, 4) is 16.9 Å². The molecule has 0 saturated heterocycles. The molecule has 0 radical (unpaired) electrons. The zero-order valence-electron chi connectivity index (χ0n) is 10.8. The van der Waals surface area contributed by atoms with Gasteiger partial charge in [-0.05, 0) is 23.8 Å². The van der Waals surface area contributed by atoms with Gasteiger partial charge in [-0.15, -0.1) is 13.2 Å². The van der Waals surface area contributed by atoms with Crippen molar-refractivity contribution in [2.24, 2.45) is 0 Å². The summed E-state index contributed by atoms with van der Waals surface area (Å²) in [5.41, 5.74) is -1.11. The Balaban J connectivity index is 2.39. The number of alkyl halides is 6. The van der Waals surface area contributed by atoms with Gasteiger partial charge in [-0.3, -0.25) is 0 Å². The Bertz CT molecular complexity index is 689. The maximum atomic E-state index is 12.6. The van der Waals surface area contributed by atoms with E-state index in [9.17, 15) is 26.3 Å². The Labute approximate surface area is 135 Å². The number of rotatable bonds is 2. The second-order valence-corrected chi connectivity index (χ2v) is 4.99. The minimum absolute atomic E-state index is 0.0279. The molecule has 1 aromatic heterocycles. The van der Waals surface area contributed by atoms with Crippen LogP contribution >= 0.6 is 23.2 Å². The summed E-state index contributed by atoms with van der Waals surface area (Å²) in [7, 11) is 0. The first-order chi connectivity index (χ1) is 10.5. The van der Waals surface area contributed by atoms with Crippen LogP contribution in [0.2, 0.25) is 10.2 Å². The van der Waals surface area contributed by atoms with Gasteiger partial charge in [0.2, 0.25) is 0 Å². The van der Waals surface area contributed by atoms with Crippen molar-refractivity contribution < 1.29 is 31.1 Å². The number of nitrogens with zero attached hydrogens (tertiary/aromatic N) is 1. The van der Waals surface area contributed by atoms with Gasteiger partial charge in [0.25, 0.3) is 0 Å². The molecule has 2 aromatic rings. The summed E-state index contributed by atoms with van der Waals surface area (Å²) < 4.78 is 77.7. The van der Waals surface area contributed by atoms with Gasteiger partial charge in [0.15, 0.2) is 0 Å². The molecule has 0 atom stereocenters. The number of halogens is 8. The molecule has 0 fully saturated rings. The second kappa shape index (κ2) is 6.09. The highest BCUT2D eigenvalue weighted by atomic mass is 35.5. The van der Waals surface area contributed by atoms with Gasteiger partial charge in [0.05, 0.1) is 5.02 Å². The van der Waals surface area contributed by atoms with Crippen molar-refractivity contribution >= 4 is 23.2 Å². The first-order valence-corrected chi connectivity index (χ1v) is 6.52. The molecule has 0 spiro atoms. The first kappa shape index (κ1) is 17.7. The highest BCUT2D eigenvalue weighted by molar-refractivity contribution is 6.38. The largest absolute Gasteiger partial charge is 0.573 e. The van der Waals surface area contributed by atoms with Crippen LogP contribution in [0.1, 0.15) is 5.69 Å². The van der Waals surface area contributed by atoms with E-state index in [0.717, 1.165) is 12.1 Å². The van der Waals surface area contributed by atoms with Crippen LogP contribution in [0.5, 0.6) is 5.75 Å². The molecule has 1 aromatic carbocycles. The van der Waals surface area contributed by atoms with E-state index in [4.69, 9.17) is 23.2 Å². The second-order valence-electron chi connectivity index (χ2n) is 4.23. The maximum absolute atomic E-state index is 12.6. The number of hydrogen-bond acceptors (Lipinski definition) is 2. The van der Waals surface area contributed by atoms with Crippen LogP contribution in [0, 0.1) is 0 Å². The van der Waals surface area contributed by atoms with Gasteiger partial charge in [-0.2, -0.15) is 13.2 Å². The van der Waals surface area contributed by atoms with Crippen molar-refractivity contribution in [3.05, 3.63) is 46.2 Å². The quantitative estimate of drug-likeness (QED) is 0.476. The summed E-state index contributed by atoms with van der Waals surface area (Å²) in [6, 6.07) is 4.88. The Kier molecular flexibility index (Phi) is 4.68. The predicted octanol–water partition coefficient (Wildman–Crippen LogP) is 5.97. The molecule has 2 rings (SSSR count). The van der Waals surface area contributed by atoms with Gasteiger partial charge in [0.1, 0.15) is 16.6 Å². The van der Waals surface area contributed by atoms with E-state index in [1.54, 1.807) is 0 Å². The Morgan fingerprint density at radius 1 is 0.913 bits per heavy atom. The molecule has 0 aliphatic heterocycles. The van der Waals surface area contributed by atoms with Gasteiger partial charge in [-0.1, -0.05) is 35.3 Å². The molecule has 0 aliphatic rings. The summed E-state index contributed by atoms with van der Waals surface area (Å²) in [5.74, 6) is -0.492. The van der Waals surface area contributed by atoms with Gasteiger partial charge >= 0.3 is 12.5 Å². The maximum Gasteiger partial charge on any atom is 0.573 e. The van der Waals surface area contributed by atoms with E-state index in [0.29, 0.717) is 6.07 Å². The zero-order valence-corrected chi connectivity index (χ0v) is 12.3. The van der Waals surface area contributed by atoms with E-state index in [1.165, 1.54) is 12.1 Å². The van der Waals surface area contributed by atoms with E-state index in [1.807, 2.05) is 0 Å². The van der Waals surface area contributed by atoms with Crippen molar-refractivity contribution in [1.82, 2.24) is 4.98 Å². The number of pyridine rings is 1. The molecular weight excluding hydrogens is 371 g/mol. The SMILES string of the molecule is FC(F)(F)Oc1ccc(-c2c(Cl)cc(C(F)(F)F)nc2Cl)cc1. The molecule has 2 nitrogen and oxygen atoms in total. The third-order valence-electron chi connectivity index (χ3n) is 2.59. The predicted molar refractivity (Wildman–Crippen MR) is 71.4 cm³/mol. The number of aromatic nitrogens is 1. The molecule has 1 heterocycles. The minimum atomic E-state index is -4.85. The summed E-state index contributed by atoms with van der Waals surface area (Å²) in [6.45, 7) is 0. The van der Waals surface area contributed by atoms with Crippen LogP contribution in [0.25, 0.3) is 11.1 Å². The summed E-state index contributed by atoms with van der Waals surface area (Å²) in [5, 5.41) is -0.851. The van der Waals surface area contributed by atoms with Crippen LogP contribution in [-0.2, 0) is 6.18 Å². The monoisotopic (exact) mass is 375 g/mol. The van der Waals surface area contributed by atoms with Crippen LogP contribution in [0.4, 0.5) is 26.3 Å². The van der Waals surface area contributed by atoms with Crippen LogP contribution in [0.15, 0.2) is 30.3 Å². The third-order valence-corrected chi connectivity index (χ3v) is 3.17. The van der Waals surface area contributed by atoms with Crippen LogP contribution in [0.3, 0.4) is 0 Å². The zero-order chi connectivity index (χ0) is 17.4. The highest BCUT2D eigenvalue weighted by Gasteiger charge is 2.34. The molecule has 10 heteroatoms. The van der Waals surface area contributed by atoms with E-state index >= 15 is 0 Å². The van der Waals surface area contributed by atoms with Gasteiger partial charge in [0, 0.05) is 5.56 Å². The van der Waals surface area contributed by atoms with Gasteiger partial charge < -0.3 is 4.74 Å². The van der Waals surface area contributed by atoms with Gasteiger partial charge in [-0.25, -0.2) is 4.98 Å². The average molecular weight is 376 g/mol. The molecule has 0 amide bonds. The van der Waals surface area contributed by atoms with Crippen molar-refractivity contribution in [2.45, 2.75) is 12.5 Å². The lowest BCUT2D eigenvalue weighted by Gasteiger charge is -2.12. The summed E-state index contributed by atoms with van der Waals surface area (Å²) in [4.78, 5) is 3.21. The fraction of sp³-hybridized carbons (Fsp3) is 0.154. The van der Waals surface area contributed by atoms with Crippen molar-refractivity contribution in [3.63, 3.8) is 0 Å². The molecule has 124 valence electrons. The summed E-state index contributed by atoms with van der Waals surface area (Å²) in [6.07, 6.45) is -9.58. The van der Waals surface area contributed by atoms with E-state index in [2.05, 4.69) is 9.72 Å². The molecule has 0 N–H and O–H groups in total. The smallest absolute Gasteiger partial charge is 0.406 e. The van der Waals surface area contributed by atoms with Crippen LogP contribution < -0.4 is 4.74 Å². The fourth-order valence-corrected chi connectivity index (χ4v) is 2.36. The topological polar surface area (TPSA) is 22.1 Å². The molecular formula is C13H5Cl2F6NO. The Hall–Kier alpha value is -1.67. The third kappa shape index (κ3) is 4.42. The molecule has 0 unspecified atom stereocenters. The van der Waals surface area contributed by atoms with E-state index in [-0.39, 0.29) is 16.1 Å². The van der Waals surface area contributed by atoms with E-state index < -0.39 is 29.1 Å². The van der Waals surface area contributed by atoms with Crippen molar-refractivity contribution in [1.29, 1.82) is 0 Å². The average Bonchev–Trinajstić information content (AvgIpc) is 2.37. The normalized spacial score (nSPS) is 12.3. The molecule has 0 saturated carbocycles. The summed E-state index contributed by atoms with van der Waals surface area (Å²) >= 11 is 11.5.